The fourth-order valence-corrected chi connectivity index (χ4v) is 6.47. The molecule has 30 heavy (non-hydrogen) atoms. The normalized spacial score (nSPS) is 34.5. The molecule has 0 unspecified atom stereocenters. The molecule has 0 aromatic rings. The fourth-order valence-electron chi connectivity index (χ4n) is 6.47. The van der Waals surface area contributed by atoms with Crippen molar-refractivity contribution < 1.29 is 19.0 Å². The van der Waals surface area contributed by atoms with Crippen LogP contribution in [0.4, 0.5) is 0 Å². The van der Waals surface area contributed by atoms with Gasteiger partial charge in [0.2, 0.25) is 0 Å². The molecule has 4 aliphatic rings. The van der Waals surface area contributed by atoms with Crippen LogP contribution in [0.3, 0.4) is 0 Å². The molecule has 4 fully saturated rings. The van der Waals surface area contributed by atoms with E-state index < -0.39 is 0 Å². The van der Waals surface area contributed by atoms with Crippen molar-refractivity contribution in [3.8, 4) is 0 Å². The van der Waals surface area contributed by atoms with Gasteiger partial charge in [-0.25, -0.2) is 0 Å². The lowest BCUT2D eigenvalue weighted by Crippen LogP contribution is -2.33. The van der Waals surface area contributed by atoms with Gasteiger partial charge in [-0.2, -0.15) is 0 Å². The van der Waals surface area contributed by atoms with Crippen LogP contribution in [0.25, 0.3) is 0 Å². The minimum atomic E-state index is 0.0853. The summed E-state index contributed by atoms with van der Waals surface area (Å²) >= 11 is 0. The Morgan fingerprint density at radius 3 is 1.67 bits per heavy atom. The van der Waals surface area contributed by atoms with Gasteiger partial charge < -0.3 is 14.2 Å². The first-order chi connectivity index (χ1) is 14.8. The molecular weight excluding hydrogens is 376 g/mol. The molecule has 0 saturated heterocycles. The Balaban J connectivity index is 1.08. The van der Waals surface area contributed by atoms with Gasteiger partial charge in [0.25, 0.3) is 0 Å². The third-order valence-electron chi connectivity index (χ3n) is 8.49. The van der Waals surface area contributed by atoms with E-state index in [1.165, 1.54) is 77.0 Å². The molecule has 172 valence electrons. The second kappa shape index (κ2) is 11.9. The molecule has 0 heterocycles. The van der Waals surface area contributed by atoms with Crippen molar-refractivity contribution in [1.29, 1.82) is 0 Å². The summed E-state index contributed by atoms with van der Waals surface area (Å²) in [6.07, 6.45) is 22.7. The van der Waals surface area contributed by atoms with Gasteiger partial charge in [0.05, 0.1) is 18.1 Å². The van der Waals surface area contributed by atoms with Crippen molar-refractivity contribution in [2.45, 2.75) is 134 Å². The molecule has 0 aliphatic heterocycles. The molecule has 0 spiro atoms. The maximum Gasteiger partial charge on any atom is 0.309 e. The zero-order valence-corrected chi connectivity index (χ0v) is 19.0. The van der Waals surface area contributed by atoms with E-state index in [1.54, 1.807) is 0 Å². The molecule has 0 radical (unpaired) electrons. The van der Waals surface area contributed by atoms with Crippen LogP contribution in [0.1, 0.15) is 116 Å². The molecule has 4 saturated carbocycles. The van der Waals surface area contributed by atoms with Crippen LogP contribution in [-0.4, -0.2) is 31.1 Å². The number of esters is 1. The molecule has 0 aromatic heterocycles. The Morgan fingerprint density at radius 2 is 1.03 bits per heavy atom. The Labute approximate surface area is 183 Å². The summed E-state index contributed by atoms with van der Waals surface area (Å²) in [4.78, 5) is 12.7. The third kappa shape index (κ3) is 6.69. The summed E-state index contributed by atoms with van der Waals surface area (Å²) in [5.41, 5.74) is 0. The smallest absolute Gasteiger partial charge is 0.309 e. The Morgan fingerprint density at radius 1 is 0.533 bits per heavy atom. The minimum absolute atomic E-state index is 0.0853. The maximum absolute atomic E-state index is 12.7. The Bertz CT molecular complexity index is 493. The van der Waals surface area contributed by atoms with E-state index in [2.05, 4.69) is 0 Å². The lowest BCUT2D eigenvalue weighted by molar-refractivity contribution is -0.163. The Hall–Kier alpha value is -0.610. The first-order valence-electron chi connectivity index (χ1n) is 13.2. The quantitative estimate of drug-likeness (QED) is 0.346. The highest BCUT2D eigenvalue weighted by atomic mass is 16.7. The van der Waals surface area contributed by atoms with Gasteiger partial charge in [-0.1, -0.05) is 51.4 Å². The summed E-state index contributed by atoms with van der Waals surface area (Å²) in [7, 11) is 0. The molecule has 0 amide bonds. The number of carbonyl (C=O) groups excluding carboxylic acids is 1. The minimum Gasteiger partial charge on any atom is -0.462 e. The van der Waals surface area contributed by atoms with E-state index in [0.29, 0.717) is 12.9 Å². The maximum atomic E-state index is 12.7. The predicted molar refractivity (Wildman–Crippen MR) is 118 cm³/mol. The van der Waals surface area contributed by atoms with Crippen LogP contribution >= 0.6 is 0 Å². The van der Waals surface area contributed by atoms with Gasteiger partial charge in [0.1, 0.15) is 12.9 Å². The van der Waals surface area contributed by atoms with Crippen LogP contribution in [0.2, 0.25) is 0 Å². The van der Waals surface area contributed by atoms with E-state index in [-0.39, 0.29) is 24.1 Å². The first-order valence-corrected chi connectivity index (χ1v) is 13.2. The number of rotatable bonds is 7. The third-order valence-corrected chi connectivity index (χ3v) is 8.49. The Kier molecular flexibility index (Phi) is 8.92. The molecular formula is C26H44O4. The zero-order chi connectivity index (χ0) is 20.6. The highest BCUT2D eigenvalue weighted by Gasteiger charge is 2.33. The number of hydrogen-bond acceptors (Lipinski definition) is 4. The standard InChI is InChI=1S/C26H44O4/c27-26(22-13-11-21(12-14-22)20-7-3-1-4-8-20)30-25-17-15-24(16-18-25)29-19-28-23-9-5-2-6-10-23/h20-25H,1-19H2. The zero-order valence-electron chi connectivity index (χ0n) is 19.0. The van der Waals surface area contributed by atoms with Gasteiger partial charge in [-0.3, -0.25) is 4.79 Å². The lowest BCUT2D eigenvalue weighted by atomic mass is 9.71. The SMILES string of the molecule is O=C(OC1CCC(OCOC2CCCCC2)CC1)C1CCC(C2CCCCC2)CC1. The molecule has 0 bridgehead atoms. The van der Waals surface area contributed by atoms with Crippen molar-refractivity contribution in [2.24, 2.45) is 17.8 Å². The van der Waals surface area contributed by atoms with E-state index in [9.17, 15) is 4.79 Å². The van der Waals surface area contributed by atoms with Crippen LogP contribution in [0, 0.1) is 17.8 Å². The van der Waals surface area contributed by atoms with Gasteiger partial charge in [0.15, 0.2) is 0 Å². The topological polar surface area (TPSA) is 44.8 Å². The van der Waals surface area contributed by atoms with Crippen molar-refractivity contribution in [2.75, 3.05) is 6.79 Å². The summed E-state index contributed by atoms with van der Waals surface area (Å²) in [6.45, 7) is 0.435. The van der Waals surface area contributed by atoms with E-state index in [4.69, 9.17) is 14.2 Å². The van der Waals surface area contributed by atoms with E-state index in [1.807, 2.05) is 0 Å². The second-order valence-electron chi connectivity index (χ2n) is 10.6. The summed E-state index contributed by atoms with van der Waals surface area (Å²) < 4.78 is 17.8. The molecule has 0 N–H and O–H groups in total. The molecule has 4 nitrogen and oxygen atoms in total. The predicted octanol–water partition coefficient (Wildman–Crippen LogP) is 6.55. The van der Waals surface area contributed by atoms with Gasteiger partial charge in [-0.05, 0) is 76.0 Å². The molecule has 4 aliphatic carbocycles. The van der Waals surface area contributed by atoms with Crippen molar-refractivity contribution in [3.05, 3.63) is 0 Å². The van der Waals surface area contributed by atoms with Gasteiger partial charge in [0, 0.05) is 0 Å². The van der Waals surface area contributed by atoms with Gasteiger partial charge >= 0.3 is 5.97 Å². The highest BCUT2D eigenvalue weighted by Crippen LogP contribution is 2.40. The number of ether oxygens (including phenoxy) is 3. The molecule has 0 atom stereocenters. The van der Waals surface area contributed by atoms with Crippen LogP contribution in [0.15, 0.2) is 0 Å². The van der Waals surface area contributed by atoms with Crippen LogP contribution in [0.5, 0.6) is 0 Å². The van der Waals surface area contributed by atoms with Gasteiger partial charge in [-0.15, -0.1) is 0 Å². The molecule has 0 aromatic carbocycles. The van der Waals surface area contributed by atoms with Crippen molar-refractivity contribution >= 4 is 5.97 Å². The summed E-state index contributed by atoms with van der Waals surface area (Å²) in [5, 5.41) is 0. The average molecular weight is 421 g/mol. The average Bonchev–Trinajstić information content (AvgIpc) is 2.81. The number of hydrogen-bond donors (Lipinski definition) is 0. The monoisotopic (exact) mass is 420 g/mol. The summed E-state index contributed by atoms with van der Waals surface area (Å²) in [5.74, 6) is 2.05. The summed E-state index contributed by atoms with van der Waals surface area (Å²) in [6, 6.07) is 0. The second-order valence-corrected chi connectivity index (χ2v) is 10.6. The van der Waals surface area contributed by atoms with E-state index in [0.717, 1.165) is 50.4 Å². The highest BCUT2D eigenvalue weighted by molar-refractivity contribution is 5.72. The fraction of sp³-hybridized carbons (Fsp3) is 0.962. The first kappa shape index (κ1) is 22.6. The number of carbonyl (C=O) groups is 1. The van der Waals surface area contributed by atoms with Crippen molar-refractivity contribution in [3.63, 3.8) is 0 Å². The van der Waals surface area contributed by atoms with E-state index >= 15 is 0 Å². The van der Waals surface area contributed by atoms with Crippen LogP contribution in [-0.2, 0) is 19.0 Å². The van der Waals surface area contributed by atoms with Crippen LogP contribution < -0.4 is 0 Å². The lowest BCUT2D eigenvalue weighted by Gasteiger charge is -2.36. The molecule has 4 rings (SSSR count). The largest absolute Gasteiger partial charge is 0.462 e. The van der Waals surface area contributed by atoms with Crippen molar-refractivity contribution in [1.82, 2.24) is 0 Å². The molecule has 4 heteroatoms.